The van der Waals surface area contributed by atoms with Crippen molar-refractivity contribution in [3.8, 4) is 0 Å². The molecule has 0 bridgehead atoms. The molecule has 0 aliphatic carbocycles. The van der Waals surface area contributed by atoms with Gasteiger partial charge < -0.3 is 62.5 Å². The van der Waals surface area contributed by atoms with Gasteiger partial charge in [0.1, 0.15) is 48.3 Å². The molecule has 0 saturated heterocycles. The number of carboxylic acids is 1. The molecule has 1 aliphatic rings. The van der Waals surface area contributed by atoms with Crippen molar-refractivity contribution < 1.29 is 48.8 Å². The van der Waals surface area contributed by atoms with Crippen LogP contribution in [0.5, 0.6) is 0 Å². The van der Waals surface area contributed by atoms with Gasteiger partial charge in [-0.2, -0.15) is 0 Å². The van der Waals surface area contributed by atoms with Crippen LogP contribution in [0, 0.1) is 5.41 Å². The number of nitrogens with zero attached hydrogens (tertiary/aromatic N) is 1. The number of amides is 4. The van der Waals surface area contributed by atoms with Crippen molar-refractivity contribution in [2.24, 2.45) is 11.5 Å². The Kier molecular flexibility index (Phi) is 13.3. The number of furan rings is 1. The molecule has 1 aromatic heterocycles. The van der Waals surface area contributed by atoms with Crippen molar-refractivity contribution in [1.82, 2.24) is 26.2 Å². The Hall–Kier alpha value is -4.52. The highest BCUT2D eigenvalue weighted by molar-refractivity contribution is 5.95. The van der Waals surface area contributed by atoms with Crippen molar-refractivity contribution >= 4 is 35.6 Å². The van der Waals surface area contributed by atoms with E-state index in [2.05, 4.69) is 21.3 Å². The van der Waals surface area contributed by atoms with E-state index in [1.807, 2.05) is 0 Å². The Morgan fingerprint density at radius 1 is 0.932 bits per heavy atom. The quantitative estimate of drug-likeness (QED) is 0.0471. The first-order valence-electron chi connectivity index (χ1n) is 13.6. The van der Waals surface area contributed by atoms with E-state index in [4.69, 9.17) is 26.4 Å². The van der Waals surface area contributed by atoms with Crippen LogP contribution in [0.15, 0.2) is 28.2 Å². The van der Waals surface area contributed by atoms with E-state index in [1.165, 1.54) is 30.9 Å². The molecule has 0 aromatic carbocycles. The third-order valence-corrected chi connectivity index (χ3v) is 6.72. The molecule has 6 unspecified atom stereocenters. The third kappa shape index (κ3) is 10.3. The molecule has 0 fully saturated rings. The smallest absolute Gasteiger partial charge is 0.326 e. The van der Waals surface area contributed by atoms with Gasteiger partial charge in [-0.1, -0.05) is 11.6 Å². The number of guanidine groups is 1. The van der Waals surface area contributed by atoms with Crippen molar-refractivity contribution in [3.63, 3.8) is 0 Å². The second-order valence-electron chi connectivity index (χ2n) is 10.3. The highest BCUT2D eigenvalue weighted by Gasteiger charge is 2.32. The lowest BCUT2D eigenvalue weighted by Crippen LogP contribution is -2.59. The molecule has 18 heteroatoms. The normalized spacial score (nSPS) is 16.9. The molecular weight excluding hydrogens is 584 g/mol. The maximum Gasteiger partial charge on any atom is 0.326 e. The van der Waals surface area contributed by atoms with Crippen LogP contribution in [0.3, 0.4) is 0 Å². The van der Waals surface area contributed by atoms with E-state index >= 15 is 0 Å². The average Bonchev–Trinajstić information content (AvgIpc) is 3.63. The SMILES string of the molecule is CC(NC(=O)C(CO)NC(=O)C(CC1=CCN(C(=N)N)C1)NC(=O)C(N)C(C)O)C(=O)NC(Cc1ccc(CO)o1)C(=O)O. The van der Waals surface area contributed by atoms with Crippen molar-refractivity contribution in [2.75, 3.05) is 19.7 Å². The highest BCUT2D eigenvalue weighted by Crippen LogP contribution is 2.15. The van der Waals surface area contributed by atoms with Gasteiger partial charge in [0, 0.05) is 19.5 Å². The molecule has 2 rings (SSSR count). The summed E-state index contributed by atoms with van der Waals surface area (Å²) in [6, 6.07) is -4.10. The number of carbonyl (C=O) groups excluding carboxylic acids is 4. The fourth-order valence-electron chi connectivity index (χ4n) is 4.06. The first-order chi connectivity index (χ1) is 20.7. The fourth-order valence-corrected chi connectivity index (χ4v) is 4.06. The zero-order valence-electron chi connectivity index (χ0n) is 24.3. The summed E-state index contributed by atoms with van der Waals surface area (Å²) in [5.41, 5.74) is 11.8. The van der Waals surface area contributed by atoms with Gasteiger partial charge in [-0.05, 0) is 32.4 Å². The van der Waals surface area contributed by atoms with Crippen molar-refractivity contribution in [3.05, 3.63) is 35.3 Å². The van der Waals surface area contributed by atoms with Crippen LogP contribution in [0.25, 0.3) is 0 Å². The molecule has 13 N–H and O–H groups in total. The maximum absolute atomic E-state index is 13.2. The lowest BCUT2D eigenvalue weighted by Gasteiger charge is -2.25. The van der Waals surface area contributed by atoms with Gasteiger partial charge in [0.25, 0.3) is 0 Å². The van der Waals surface area contributed by atoms with Crippen molar-refractivity contribution in [2.45, 2.75) is 69.6 Å². The second-order valence-corrected chi connectivity index (χ2v) is 10.3. The average molecular weight is 625 g/mol. The van der Waals surface area contributed by atoms with E-state index in [1.54, 1.807) is 6.08 Å². The van der Waals surface area contributed by atoms with Crippen LogP contribution in [-0.2, 0) is 37.0 Å². The van der Waals surface area contributed by atoms with Gasteiger partial charge in [-0.15, -0.1) is 0 Å². The number of nitrogens with two attached hydrogens (primary N) is 2. The summed E-state index contributed by atoms with van der Waals surface area (Å²) < 4.78 is 5.26. The summed E-state index contributed by atoms with van der Waals surface area (Å²) in [4.78, 5) is 64.4. The number of nitrogens with one attached hydrogen (secondary N) is 5. The first-order valence-corrected chi connectivity index (χ1v) is 13.6. The Morgan fingerprint density at radius 2 is 1.52 bits per heavy atom. The number of aliphatic carboxylic acids is 1. The summed E-state index contributed by atoms with van der Waals surface area (Å²) in [5.74, 6) is -4.79. The molecular formula is C26H40N8O10. The van der Waals surface area contributed by atoms with Crippen LogP contribution >= 0.6 is 0 Å². The molecule has 1 aromatic rings. The lowest BCUT2D eigenvalue weighted by atomic mass is 10.0. The molecule has 1 aliphatic heterocycles. The Morgan fingerprint density at radius 3 is 2.05 bits per heavy atom. The van der Waals surface area contributed by atoms with E-state index in [0.717, 1.165) is 0 Å². The van der Waals surface area contributed by atoms with E-state index < -0.39 is 79.1 Å². The Labute approximate surface area is 252 Å². The molecule has 18 nitrogen and oxygen atoms in total. The zero-order chi connectivity index (χ0) is 33.1. The topological polar surface area (TPSA) is 307 Å². The molecule has 244 valence electrons. The molecule has 4 amide bonds. The minimum absolute atomic E-state index is 0.0709. The molecule has 0 saturated carbocycles. The van der Waals surface area contributed by atoms with Gasteiger partial charge in [0.15, 0.2) is 5.96 Å². The lowest BCUT2D eigenvalue weighted by molar-refractivity contribution is -0.142. The molecule has 44 heavy (non-hydrogen) atoms. The van der Waals surface area contributed by atoms with Gasteiger partial charge in [0.2, 0.25) is 23.6 Å². The van der Waals surface area contributed by atoms with Gasteiger partial charge >= 0.3 is 5.97 Å². The van der Waals surface area contributed by atoms with Crippen LogP contribution in [0.2, 0.25) is 0 Å². The van der Waals surface area contributed by atoms with Gasteiger partial charge in [0.05, 0.1) is 12.7 Å². The molecule has 0 spiro atoms. The minimum atomic E-state index is -1.58. The zero-order valence-corrected chi connectivity index (χ0v) is 24.3. The fraction of sp³-hybridized carbons (Fsp3) is 0.538. The predicted molar refractivity (Wildman–Crippen MR) is 152 cm³/mol. The summed E-state index contributed by atoms with van der Waals surface area (Å²) in [5, 5.41) is 55.0. The van der Waals surface area contributed by atoms with Crippen molar-refractivity contribution in [1.29, 1.82) is 5.41 Å². The monoisotopic (exact) mass is 624 g/mol. The van der Waals surface area contributed by atoms with Crippen LogP contribution in [0.4, 0.5) is 0 Å². The van der Waals surface area contributed by atoms with Crippen LogP contribution in [0.1, 0.15) is 31.8 Å². The largest absolute Gasteiger partial charge is 0.480 e. The molecule has 6 atom stereocenters. The molecule has 0 radical (unpaired) electrons. The summed E-state index contributed by atoms with van der Waals surface area (Å²) in [6.45, 7) is 1.75. The summed E-state index contributed by atoms with van der Waals surface area (Å²) in [6.07, 6.45) is 0.155. The minimum Gasteiger partial charge on any atom is -0.480 e. The van der Waals surface area contributed by atoms with Crippen LogP contribution < -0.4 is 32.7 Å². The first kappa shape index (κ1) is 35.7. The number of aliphatic hydroxyl groups excluding tert-OH is 3. The van der Waals surface area contributed by atoms with E-state index in [-0.39, 0.29) is 36.9 Å². The second kappa shape index (κ2) is 16.4. The number of hydrogen-bond acceptors (Lipinski definition) is 11. The number of rotatable bonds is 16. The standard InChI is InChI=1S/C26H40N8O10/c1-12(21(38)32-18(25(42)43)8-15-3-4-16(10-35)44-15)30-23(40)19(11-36)33-22(39)17(31-24(41)20(27)13(2)37)7-14-5-6-34(9-14)26(28)29/h3-5,12-13,17-20,35-37H,6-11,27H2,1-2H3,(H3,28,29)(H,30,40)(H,31,41)(H,32,38)(H,33,39)(H,42,43). The van der Waals surface area contributed by atoms with Gasteiger partial charge in [-0.3, -0.25) is 24.6 Å². The number of hydrogen-bond donors (Lipinski definition) is 11. The van der Waals surface area contributed by atoms with E-state index in [9.17, 15) is 39.3 Å². The number of carboxylic acid groups (broad SMARTS) is 1. The summed E-state index contributed by atoms with van der Waals surface area (Å²) >= 11 is 0. The van der Waals surface area contributed by atoms with E-state index in [0.29, 0.717) is 12.1 Å². The number of aliphatic hydroxyl groups is 3. The molecule has 2 heterocycles. The summed E-state index contributed by atoms with van der Waals surface area (Å²) in [7, 11) is 0. The van der Waals surface area contributed by atoms with Gasteiger partial charge in [-0.25, -0.2) is 4.79 Å². The highest BCUT2D eigenvalue weighted by atomic mass is 16.4. The van der Waals surface area contributed by atoms with Crippen LogP contribution in [-0.4, -0.2) is 117 Å². The predicted octanol–water partition coefficient (Wildman–Crippen LogP) is -4.42. The Balaban J connectivity index is 2.06. The number of carbonyl (C=O) groups is 5. The Bertz CT molecular complexity index is 1250. The third-order valence-electron chi connectivity index (χ3n) is 6.72. The maximum atomic E-state index is 13.2.